The fourth-order valence-corrected chi connectivity index (χ4v) is 7.26. The molecular weight excluding hydrogens is 560 g/mol. The fraction of sp³-hybridized carbons (Fsp3) is 0.0714. The lowest BCUT2D eigenvalue weighted by Gasteiger charge is -2.21. The Bertz CT molecular complexity index is 2450. The smallest absolute Gasteiger partial charge is 0.162 e. The van der Waals surface area contributed by atoms with Crippen molar-refractivity contribution in [3.63, 3.8) is 0 Å². The predicted octanol–water partition coefficient (Wildman–Crippen LogP) is 10.3. The van der Waals surface area contributed by atoms with E-state index in [1.165, 1.54) is 22.3 Å². The standard InChI is InChI=1S/C42H30N4/c1-42(2)32-21-9-6-17-28(32)38-31(20-14-22-33(38)42)39-29-18-7-10-23-34(29)43-40(45-39)30-19-8-12-25-36(30)46-37-26-13-11-24-35(37)44-41(46)27-15-4-3-5-16-27/h3-26H,1-2H3. The third-order valence-electron chi connectivity index (χ3n) is 9.44. The van der Waals surface area contributed by atoms with Crippen molar-refractivity contribution in [3.8, 4) is 50.8 Å². The average molecular weight is 591 g/mol. The molecule has 0 saturated carbocycles. The molecule has 0 N–H and O–H groups in total. The number of fused-ring (bicyclic) bond motifs is 5. The second kappa shape index (κ2) is 10.1. The van der Waals surface area contributed by atoms with Crippen molar-refractivity contribution in [3.05, 3.63) is 157 Å². The number of hydrogen-bond acceptors (Lipinski definition) is 3. The topological polar surface area (TPSA) is 43.6 Å². The first-order valence-electron chi connectivity index (χ1n) is 15.7. The number of hydrogen-bond donors (Lipinski definition) is 0. The Morgan fingerprint density at radius 1 is 0.500 bits per heavy atom. The van der Waals surface area contributed by atoms with Gasteiger partial charge in [0.15, 0.2) is 5.82 Å². The summed E-state index contributed by atoms with van der Waals surface area (Å²) in [7, 11) is 0. The maximum atomic E-state index is 5.45. The summed E-state index contributed by atoms with van der Waals surface area (Å²) in [5.41, 5.74) is 13.1. The summed E-state index contributed by atoms with van der Waals surface area (Å²) in [6.45, 7) is 4.64. The van der Waals surface area contributed by atoms with Gasteiger partial charge in [-0.2, -0.15) is 0 Å². The van der Waals surface area contributed by atoms with Gasteiger partial charge < -0.3 is 0 Å². The lowest BCUT2D eigenvalue weighted by atomic mass is 9.82. The molecule has 0 bridgehead atoms. The van der Waals surface area contributed by atoms with Gasteiger partial charge in [-0.25, -0.2) is 15.0 Å². The molecule has 0 atom stereocenters. The normalized spacial score (nSPS) is 13.2. The van der Waals surface area contributed by atoms with Crippen LogP contribution in [0.15, 0.2) is 146 Å². The van der Waals surface area contributed by atoms with Crippen LogP contribution in [0.4, 0.5) is 0 Å². The number of para-hydroxylation sites is 4. The molecule has 218 valence electrons. The highest BCUT2D eigenvalue weighted by Gasteiger charge is 2.37. The van der Waals surface area contributed by atoms with E-state index in [1.54, 1.807) is 0 Å². The molecule has 0 aliphatic heterocycles. The van der Waals surface area contributed by atoms with Crippen LogP contribution in [0.1, 0.15) is 25.0 Å². The summed E-state index contributed by atoms with van der Waals surface area (Å²) in [5.74, 6) is 1.57. The van der Waals surface area contributed by atoms with E-state index in [0.717, 1.165) is 55.8 Å². The van der Waals surface area contributed by atoms with Crippen molar-refractivity contribution in [2.24, 2.45) is 0 Å². The van der Waals surface area contributed by atoms with Gasteiger partial charge >= 0.3 is 0 Å². The second-order valence-corrected chi connectivity index (χ2v) is 12.5. The zero-order chi connectivity index (χ0) is 30.8. The summed E-state index contributed by atoms with van der Waals surface area (Å²) < 4.78 is 2.25. The van der Waals surface area contributed by atoms with Gasteiger partial charge in [-0.05, 0) is 52.6 Å². The number of benzene rings is 6. The Hall–Kier alpha value is -5.87. The first-order chi connectivity index (χ1) is 22.6. The zero-order valence-electron chi connectivity index (χ0n) is 25.6. The third-order valence-corrected chi connectivity index (χ3v) is 9.44. The van der Waals surface area contributed by atoms with E-state index >= 15 is 0 Å². The Labute approximate surface area is 267 Å². The molecule has 0 saturated heterocycles. The average Bonchev–Trinajstić information content (AvgIpc) is 3.61. The molecule has 0 amide bonds. The van der Waals surface area contributed by atoms with Gasteiger partial charge in [0, 0.05) is 27.5 Å². The van der Waals surface area contributed by atoms with Crippen LogP contribution in [0.25, 0.3) is 72.8 Å². The van der Waals surface area contributed by atoms with Crippen LogP contribution >= 0.6 is 0 Å². The molecule has 0 unspecified atom stereocenters. The molecular formula is C42H30N4. The summed E-state index contributed by atoms with van der Waals surface area (Å²) in [6.07, 6.45) is 0. The van der Waals surface area contributed by atoms with Gasteiger partial charge in [0.05, 0.1) is 27.9 Å². The molecule has 0 fully saturated rings. The van der Waals surface area contributed by atoms with Crippen LogP contribution in [0, 0.1) is 0 Å². The van der Waals surface area contributed by atoms with Gasteiger partial charge in [0.2, 0.25) is 0 Å². The van der Waals surface area contributed by atoms with Crippen LogP contribution in [-0.2, 0) is 5.41 Å². The van der Waals surface area contributed by atoms with Crippen LogP contribution in [-0.4, -0.2) is 19.5 Å². The molecule has 4 heteroatoms. The molecule has 2 heterocycles. The van der Waals surface area contributed by atoms with Crippen molar-refractivity contribution < 1.29 is 0 Å². The predicted molar refractivity (Wildman–Crippen MR) is 188 cm³/mol. The van der Waals surface area contributed by atoms with E-state index in [9.17, 15) is 0 Å². The minimum atomic E-state index is -0.101. The molecule has 0 radical (unpaired) electrons. The molecule has 8 aromatic rings. The molecule has 9 rings (SSSR count). The summed E-state index contributed by atoms with van der Waals surface area (Å²) >= 11 is 0. The van der Waals surface area contributed by atoms with Crippen molar-refractivity contribution in [1.82, 2.24) is 19.5 Å². The summed E-state index contributed by atoms with van der Waals surface area (Å²) in [6, 6.07) is 50.9. The van der Waals surface area contributed by atoms with E-state index in [2.05, 4.69) is 152 Å². The van der Waals surface area contributed by atoms with Gasteiger partial charge in [-0.3, -0.25) is 4.57 Å². The maximum absolute atomic E-state index is 5.45. The van der Waals surface area contributed by atoms with Gasteiger partial charge in [0.1, 0.15) is 5.82 Å². The first-order valence-corrected chi connectivity index (χ1v) is 15.7. The van der Waals surface area contributed by atoms with Crippen molar-refractivity contribution in [1.29, 1.82) is 0 Å². The molecule has 1 aliphatic carbocycles. The monoisotopic (exact) mass is 590 g/mol. The van der Waals surface area contributed by atoms with Gasteiger partial charge in [-0.1, -0.05) is 129 Å². The van der Waals surface area contributed by atoms with Crippen LogP contribution < -0.4 is 0 Å². The van der Waals surface area contributed by atoms with E-state index in [1.807, 2.05) is 12.1 Å². The van der Waals surface area contributed by atoms with E-state index in [4.69, 9.17) is 15.0 Å². The highest BCUT2D eigenvalue weighted by molar-refractivity contribution is 6.01. The quantitative estimate of drug-likeness (QED) is 0.205. The first kappa shape index (κ1) is 26.5. The van der Waals surface area contributed by atoms with E-state index in [0.29, 0.717) is 5.82 Å². The fourth-order valence-electron chi connectivity index (χ4n) is 7.26. The SMILES string of the molecule is CC1(C)c2ccccc2-c2c(-c3nc(-c4ccccc4-n4c(-c5ccccc5)nc5ccccc54)nc4ccccc34)cccc21. The minimum Gasteiger partial charge on any atom is -0.292 e. The van der Waals surface area contributed by atoms with Crippen LogP contribution in [0.2, 0.25) is 0 Å². The molecule has 46 heavy (non-hydrogen) atoms. The Morgan fingerprint density at radius 2 is 1.15 bits per heavy atom. The largest absolute Gasteiger partial charge is 0.292 e. The Kier molecular flexibility index (Phi) is 5.81. The Morgan fingerprint density at radius 3 is 2.02 bits per heavy atom. The van der Waals surface area contributed by atoms with Crippen molar-refractivity contribution >= 4 is 21.9 Å². The zero-order valence-corrected chi connectivity index (χ0v) is 25.6. The lowest BCUT2D eigenvalue weighted by Crippen LogP contribution is -2.14. The van der Waals surface area contributed by atoms with Crippen molar-refractivity contribution in [2.45, 2.75) is 19.3 Å². The maximum Gasteiger partial charge on any atom is 0.162 e. The number of nitrogens with zero attached hydrogens (tertiary/aromatic N) is 4. The highest BCUT2D eigenvalue weighted by atomic mass is 15.1. The lowest BCUT2D eigenvalue weighted by molar-refractivity contribution is 0.660. The van der Waals surface area contributed by atoms with Crippen LogP contribution in [0.3, 0.4) is 0 Å². The van der Waals surface area contributed by atoms with Crippen LogP contribution in [0.5, 0.6) is 0 Å². The third kappa shape index (κ3) is 3.90. The molecule has 1 aliphatic rings. The minimum absolute atomic E-state index is 0.101. The molecule has 2 aromatic heterocycles. The van der Waals surface area contributed by atoms with Gasteiger partial charge in [0.25, 0.3) is 0 Å². The number of aromatic nitrogens is 4. The summed E-state index contributed by atoms with van der Waals surface area (Å²) in [5, 5.41) is 1.04. The highest BCUT2D eigenvalue weighted by Crippen LogP contribution is 2.52. The van der Waals surface area contributed by atoms with E-state index in [-0.39, 0.29) is 5.41 Å². The van der Waals surface area contributed by atoms with E-state index < -0.39 is 0 Å². The number of rotatable bonds is 4. The van der Waals surface area contributed by atoms with Crippen molar-refractivity contribution in [2.75, 3.05) is 0 Å². The Balaban J connectivity index is 1.33. The molecule has 0 spiro atoms. The van der Waals surface area contributed by atoms with Gasteiger partial charge in [-0.15, -0.1) is 0 Å². The molecule has 6 aromatic carbocycles. The summed E-state index contributed by atoms with van der Waals surface area (Å²) in [4.78, 5) is 15.8. The number of imidazole rings is 1. The molecule has 4 nitrogen and oxygen atoms in total. The second-order valence-electron chi connectivity index (χ2n) is 12.5.